The molecule has 0 aromatic heterocycles. The van der Waals surface area contributed by atoms with Gasteiger partial charge in [-0.2, -0.15) is 0 Å². The van der Waals surface area contributed by atoms with Crippen molar-refractivity contribution in [3.63, 3.8) is 0 Å². The van der Waals surface area contributed by atoms with E-state index in [1.54, 1.807) is 0 Å². The molecule has 0 fully saturated rings. The summed E-state index contributed by atoms with van der Waals surface area (Å²) in [5.74, 6) is 3.16. The molecule has 0 bridgehead atoms. The fourth-order valence-corrected chi connectivity index (χ4v) is 12.5. The lowest BCUT2D eigenvalue weighted by atomic mass is 9.74. The van der Waals surface area contributed by atoms with Gasteiger partial charge in [-0.1, -0.05) is 133 Å². The Bertz CT molecular complexity index is 2690. The second-order valence-electron chi connectivity index (χ2n) is 17.4. The summed E-state index contributed by atoms with van der Waals surface area (Å²) in [5, 5.41) is 0.480. The van der Waals surface area contributed by atoms with E-state index in [0.717, 1.165) is 50.0 Å². The maximum absolute atomic E-state index is 6.88. The molecule has 8 aliphatic rings. The first-order valence-electron chi connectivity index (χ1n) is 21.7. The van der Waals surface area contributed by atoms with Crippen molar-refractivity contribution in [2.24, 2.45) is 11.7 Å². The topological polar surface area (TPSA) is 38.5 Å². The van der Waals surface area contributed by atoms with Gasteiger partial charge in [0, 0.05) is 62.9 Å². The van der Waals surface area contributed by atoms with Crippen molar-refractivity contribution in [1.29, 1.82) is 0 Å². The molecule has 3 aliphatic heterocycles. The molecule has 0 saturated carbocycles. The predicted octanol–water partition coefficient (Wildman–Crippen LogP) is 13.0. The SMILES string of the molecule is NC1CCC=CC1C1=C(Cc2ccccc2)C=CC(c2ccc3c(c2)C2C=CC=CC2N3c2cc3c(c(C4=CCC5Sc6ccccc6C5=C4)c2)C2CC=CC=C2O3)C1. The van der Waals surface area contributed by atoms with Crippen LogP contribution in [0.3, 0.4) is 0 Å². The molecule has 7 unspecified atom stereocenters. The van der Waals surface area contributed by atoms with Crippen LogP contribution in [0.15, 0.2) is 186 Å². The first-order chi connectivity index (χ1) is 29.1. The Hall–Kier alpha value is -5.55. The van der Waals surface area contributed by atoms with Crippen LogP contribution in [0.5, 0.6) is 5.75 Å². The van der Waals surface area contributed by atoms with Gasteiger partial charge >= 0.3 is 0 Å². The minimum atomic E-state index is 0.161. The van der Waals surface area contributed by atoms with E-state index in [1.165, 1.54) is 71.9 Å². The highest BCUT2D eigenvalue weighted by atomic mass is 32.2. The van der Waals surface area contributed by atoms with Crippen LogP contribution >= 0.6 is 11.8 Å². The van der Waals surface area contributed by atoms with E-state index >= 15 is 0 Å². The number of thioether (sulfide) groups is 1. The monoisotopic (exact) mass is 784 g/mol. The summed E-state index contributed by atoms with van der Waals surface area (Å²) < 4.78 is 6.80. The van der Waals surface area contributed by atoms with Gasteiger partial charge in [-0.05, 0) is 113 Å². The average Bonchev–Trinajstić information content (AvgIpc) is 3.96. The summed E-state index contributed by atoms with van der Waals surface area (Å²) >= 11 is 2.01. The number of rotatable bonds is 6. The lowest BCUT2D eigenvalue weighted by molar-refractivity contribution is 0.425. The minimum absolute atomic E-state index is 0.161. The lowest BCUT2D eigenvalue weighted by Crippen LogP contribution is -2.33. The van der Waals surface area contributed by atoms with Gasteiger partial charge in [0.2, 0.25) is 0 Å². The molecule has 290 valence electrons. The third kappa shape index (κ3) is 5.98. The van der Waals surface area contributed by atoms with Crippen molar-refractivity contribution in [2.45, 2.75) is 78.5 Å². The first-order valence-corrected chi connectivity index (χ1v) is 22.6. The van der Waals surface area contributed by atoms with E-state index < -0.39 is 0 Å². The smallest absolute Gasteiger partial charge is 0.133 e. The van der Waals surface area contributed by atoms with E-state index in [-0.39, 0.29) is 29.8 Å². The Morgan fingerprint density at radius 3 is 2.64 bits per heavy atom. The van der Waals surface area contributed by atoms with E-state index in [2.05, 4.69) is 169 Å². The average molecular weight is 785 g/mol. The quantitative estimate of drug-likeness (QED) is 0.198. The fourth-order valence-electron chi connectivity index (χ4n) is 11.2. The molecule has 0 radical (unpaired) electrons. The summed E-state index contributed by atoms with van der Waals surface area (Å²) in [5.41, 5.74) is 23.3. The summed E-state index contributed by atoms with van der Waals surface area (Å²) in [6, 6.07) is 32.4. The third-order valence-corrected chi connectivity index (χ3v) is 15.4. The number of fused-ring (bicyclic) bond motifs is 9. The van der Waals surface area contributed by atoms with Crippen LogP contribution in [0.1, 0.15) is 83.2 Å². The van der Waals surface area contributed by atoms with Crippen molar-refractivity contribution < 1.29 is 4.74 Å². The molecule has 4 heteroatoms. The maximum atomic E-state index is 6.88. The highest BCUT2D eigenvalue weighted by molar-refractivity contribution is 8.00. The second kappa shape index (κ2) is 14.3. The van der Waals surface area contributed by atoms with E-state index in [0.29, 0.717) is 11.2 Å². The van der Waals surface area contributed by atoms with Crippen molar-refractivity contribution in [1.82, 2.24) is 0 Å². The molecule has 0 saturated heterocycles. The van der Waals surface area contributed by atoms with Crippen LogP contribution in [0.2, 0.25) is 0 Å². The number of allylic oxidation sites excluding steroid dienone is 13. The van der Waals surface area contributed by atoms with Gasteiger partial charge in [-0.15, -0.1) is 11.8 Å². The molecule has 7 atom stereocenters. The van der Waals surface area contributed by atoms with Gasteiger partial charge in [0.05, 0.1) is 6.04 Å². The van der Waals surface area contributed by atoms with Crippen molar-refractivity contribution in [2.75, 3.05) is 4.90 Å². The Balaban J connectivity index is 0.930. The molecule has 0 spiro atoms. The number of hydrogen-bond donors (Lipinski definition) is 1. The minimum Gasteiger partial charge on any atom is -0.461 e. The summed E-state index contributed by atoms with van der Waals surface area (Å²) in [6.45, 7) is 0. The van der Waals surface area contributed by atoms with Crippen molar-refractivity contribution in [3.8, 4) is 5.75 Å². The molecule has 3 heterocycles. The van der Waals surface area contributed by atoms with E-state index in [1.807, 2.05) is 11.8 Å². The molecule has 2 N–H and O–H groups in total. The zero-order valence-corrected chi connectivity index (χ0v) is 34.0. The number of nitrogens with zero attached hydrogens (tertiary/aromatic N) is 1. The number of nitrogens with two attached hydrogens (primary N) is 1. The molecule has 0 amide bonds. The zero-order valence-electron chi connectivity index (χ0n) is 33.2. The normalized spacial score (nSPS) is 27.9. The summed E-state index contributed by atoms with van der Waals surface area (Å²) in [4.78, 5) is 4.00. The molecule has 4 aromatic rings. The van der Waals surface area contributed by atoms with Gasteiger partial charge in [-0.3, -0.25) is 0 Å². The van der Waals surface area contributed by atoms with Crippen molar-refractivity contribution in [3.05, 3.63) is 214 Å². The lowest BCUT2D eigenvalue weighted by Gasteiger charge is -2.33. The zero-order chi connectivity index (χ0) is 39.0. The molecule has 3 nitrogen and oxygen atoms in total. The number of anilines is 2. The van der Waals surface area contributed by atoms with E-state index in [4.69, 9.17) is 10.5 Å². The largest absolute Gasteiger partial charge is 0.461 e. The Morgan fingerprint density at radius 1 is 0.814 bits per heavy atom. The maximum Gasteiger partial charge on any atom is 0.133 e. The van der Waals surface area contributed by atoms with Crippen LogP contribution < -0.4 is 15.4 Å². The Kier molecular flexibility index (Phi) is 8.59. The third-order valence-electron chi connectivity index (χ3n) is 14.1. The van der Waals surface area contributed by atoms with Crippen LogP contribution in [0, 0.1) is 5.92 Å². The molecular weight excluding hydrogens is 737 g/mol. The molecule has 5 aliphatic carbocycles. The first kappa shape index (κ1) is 35.4. The van der Waals surface area contributed by atoms with Gasteiger partial charge < -0.3 is 15.4 Å². The van der Waals surface area contributed by atoms with Crippen LogP contribution in [-0.4, -0.2) is 17.3 Å². The van der Waals surface area contributed by atoms with Gasteiger partial charge in [0.15, 0.2) is 0 Å². The molecule has 12 rings (SSSR count). The summed E-state index contributed by atoms with van der Waals surface area (Å²) in [6.07, 6.45) is 36.6. The predicted molar refractivity (Wildman–Crippen MR) is 245 cm³/mol. The summed E-state index contributed by atoms with van der Waals surface area (Å²) in [7, 11) is 0. The van der Waals surface area contributed by atoms with Gasteiger partial charge in [-0.25, -0.2) is 0 Å². The molecule has 4 aromatic carbocycles. The van der Waals surface area contributed by atoms with Gasteiger partial charge in [0.25, 0.3) is 0 Å². The van der Waals surface area contributed by atoms with Crippen LogP contribution in [0.25, 0.3) is 11.1 Å². The number of ether oxygens (including phenoxy) is 1. The number of benzene rings is 4. The van der Waals surface area contributed by atoms with Gasteiger partial charge in [0.1, 0.15) is 11.5 Å². The molecule has 59 heavy (non-hydrogen) atoms. The van der Waals surface area contributed by atoms with Crippen LogP contribution in [0.4, 0.5) is 11.4 Å². The fraction of sp³-hybridized carbons (Fsp3) is 0.236. The van der Waals surface area contributed by atoms with Crippen molar-refractivity contribution >= 4 is 34.3 Å². The standard InChI is InChI=1S/C55H48N2OS/c56-48-18-8-4-14-40(48)44-29-35(22-23-37(44)28-34-12-2-1-3-13-34)36-24-26-50-46(30-36)41-15-5-9-19-49(41)57(50)39-32-45(55-43-17-6-10-20-51(43)58-52(55)33-39)38-25-27-54-47(31-38)42-16-7-11-21-53(42)59-54/h1-7,9-16,19-26,30-33,35,40-41,43,48-49,54H,8,17-18,27-29,56H2. The molecular formula is C55H48N2OS. The number of hydrogen-bond acceptors (Lipinski definition) is 4. The highest BCUT2D eigenvalue weighted by Crippen LogP contribution is 2.56. The Labute approximate surface area is 352 Å². The van der Waals surface area contributed by atoms with Crippen LogP contribution in [-0.2, 0) is 6.42 Å². The Morgan fingerprint density at radius 2 is 1.71 bits per heavy atom. The highest BCUT2D eigenvalue weighted by Gasteiger charge is 2.41. The second-order valence-corrected chi connectivity index (χ2v) is 18.7. The van der Waals surface area contributed by atoms with E-state index in [9.17, 15) is 0 Å².